The highest BCUT2D eigenvalue weighted by Gasteiger charge is 2.49. The predicted molar refractivity (Wildman–Crippen MR) is 66.2 cm³/mol. The number of halogens is 4. The van der Waals surface area contributed by atoms with E-state index < -0.39 is 24.3 Å². The number of carbonyl (C=O) groups excluding carboxylic acids is 1. The second-order valence-corrected chi connectivity index (χ2v) is 4.66. The largest absolute Gasteiger partial charge is 0.383 e. The summed E-state index contributed by atoms with van der Waals surface area (Å²) in [4.78, 5) is 13.1. The maximum absolute atomic E-state index is 12.8. The standard InChI is InChI=1S/C13H14F4N2O/c14-11(15)13(16,17)12(20)18-9-6-7-19(8-9)10-4-2-1-3-5-10/h1-5,9,11H,6-8H2,(H,18,20)/t9-/m0/s1. The molecule has 0 aromatic heterocycles. The molecule has 1 aliphatic rings. The normalized spacial score (nSPS) is 19.4. The SMILES string of the molecule is O=C(N[C@H]1CCN(c2ccccc2)C1)C(F)(F)C(F)F. The Bertz CT molecular complexity index is 467. The van der Waals surface area contributed by atoms with Gasteiger partial charge in [0.1, 0.15) is 0 Å². The Kier molecular flexibility index (Phi) is 4.15. The third kappa shape index (κ3) is 3.02. The van der Waals surface area contributed by atoms with E-state index in [1.165, 1.54) is 0 Å². The molecule has 1 fully saturated rings. The average Bonchev–Trinajstić information content (AvgIpc) is 2.88. The molecule has 110 valence electrons. The molecule has 20 heavy (non-hydrogen) atoms. The summed E-state index contributed by atoms with van der Waals surface area (Å²) in [5.41, 5.74) is 0.907. The maximum Gasteiger partial charge on any atom is 0.383 e. The number of nitrogens with zero attached hydrogens (tertiary/aromatic N) is 1. The van der Waals surface area contributed by atoms with E-state index in [9.17, 15) is 22.4 Å². The summed E-state index contributed by atoms with van der Waals surface area (Å²) in [6, 6.07) is 8.70. The first kappa shape index (κ1) is 14.6. The molecule has 3 nitrogen and oxygen atoms in total. The lowest BCUT2D eigenvalue weighted by Gasteiger charge is -2.20. The molecular formula is C13H14F4N2O. The van der Waals surface area contributed by atoms with Crippen LogP contribution < -0.4 is 10.2 Å². The smallest absolute Gasteiger partial charge is 0.369 e. The van der Waals surface area contributed by atoms with Crippen molar-refractivity contribution in [2.75, 3.05) is 18.0 Å². The molecule has 0 saturated carbocycles. The topological polar surface area (TPSA) is 32.3 Å². The molecule has 1 aromatic rings. The number of hydrogen-bond acceptors (Lipinski definition) is 2. The Balaban J connectivity index is 1.93. The van der Waals surface area contributed by atoms with Gasteiger partial charge in [-0.15, -0.1) is 0 Å². The molecular weight excluding hydrogens is 276 g/mol. The number of anilines is 1. The first-order valence-corrected chi connectivity index (χ1v) is 6.18. The molecule has 1 amide bonds. The Hall–Kier alpha value is -1.79. The fourth-order valence-corrected chi connectivity index (χ4v) is 2.13. The Morgan fingerprint density at radius 3 is 2.55 bits per heavy atom. The number of rotatable bonds is 4. The van der Waals surface area contributed by atoms with Gasteiger partial charge in [0, 0.05) is 24.8 Å². The van der Waals surface area contributed by atoms with Crippen LogP contribution in [-0.2, 0) is 4.79 Å². The number of nitrogens with one attached hydrogen (secondary N) is 1. The van der Waals surface area contributed by atoms with E-state index in [1.54, 1.807) is 0 Å². The Labute approximate surface area is 113 Å². The van der Waals surface area contributed by atoms with Crippen LogP contribution in [0.1, 0.15) is 6.42 Å². The number of amides is 1. The van der Waals surface area contributed by atoms with Crippen molar-refractivity contribution in [2.45, 2.75) is 24.8 Å². The van der Waals surface area contributed by atoms with Crippen LogP contribution in [0, 0.1) is 0 Å². The number of alkyl halides is 4. The van der Waals surface area contributed by atoms with Crippen LogP contribution in [0.5, 0.6) is 0 Å². The molecule has 0 spiro atoms. The van der Waals surface area contributed by atoms with E-state index in [4.69, 9.17) is 0 Å². The Morgan fingerprint density at radius 1 is 1.30 bits per heavy atom. The van der Waals surface area contributed by atoms with Gasteiger partial charge in [0.2, 0.25) is 0 Å². The summed E-state index contributed by atoms with van der Waals surface area (Å²) in [6.45, 7) is 0.907. The van der Waals surface area contributed by atoms with Gasteiger partial charge in [0.15, 0.2) is 0 Å². The maximum atomic E-state index is 12.8. The fraction of sp³-hybridized carbons (Fsp3) is 0.462. The first-order chi connectivity index (χ1) is 9.41. The third-order valence-electron chi connectivity index (χ3n) is 3.22. The number of benzene rings is 1. The molecule has 7 heteroatoms. The van der Waals surface area contributed by atoms with E-state index >= 15 is 0 Å². The molecule has 0 unspecified atom stereocenters. The molecule has 1 atom stereocenters. The minimum Gasteiger partial charge on any atom is -0.369 e. The van der Waals surface area contributed by atoms with E-state index in [0.29, 0.717) is 19.5 Å². The third-order valence-corrected chi connectivity index (χ3v) is 3.22. The van der Waals surface area contributed by atoms with Crippen molar-refractivity contribution in [2.24, 2.45) is 0 Å². The summed E-state index contributed by atoms with van der Waals surface area (Å²) in [7, 11) is 0. The summed E-state index contributed by atoms with van der Waals surface area (Å²) < 4.78 is 49.8. The van der Waals surface area contributed by atoms with Gasteiger partial charge in [-0.05, 0) is 18.6 Å². The van der Waals surface area contributed by atoms with E-state index in [-0.39, 0.29) is 0 Å². The van der Waals surface area contributed by atoms with Crippen molar-refractivity contribution in [3.63, 3.8) is 0 Å². The van der Waals surface area contributed by atoms with Crippen molar-refractivity contribution >= 4 is 11.6 Å². The van der Waals surface area contributed by atoms with Crippen LogP contribution in [0.25, 0.3) is 0 Å². The lowest BCUT2D eigenvalue weighted by atomic mass is 10.2. The number of hydrogen-bond donors (Lipinski definition) is 1. The quantitative estimate of drug-likeness (QED) is 0.863. The van der Waals surface area contributed by atoms with Crippen LogP contribution >= 0.6 is 0 Å². The van der Waals surface area contributed by atoms with Crippen LogP contribution in [0.4, 0.5) is 23.2 Å². The lowest BCUT2D eigenvalue weighted by Crippen LogP contribution is -2.49. The first-order valence-electron chi connectivity index (χ1n) is 6.18. The van der Waals surface area contributed by atoms with Gasteiger partial charge >= 0.3 is 12.3 Å². The number of para-hydroxylation sites is 1. The van der Waals surface area contributed by atoms with Crippen LogP contribution in [0.3, 0.4) is 0 Å². The minimum absolute atomic E-state index is 0.328. The highest BCUT2D eigenvalue weighted by Crippen LogP contribution is 2.24. The molecule has 0 bridgehead atoms. The summed E-state index contributed by atoms with van der Waals surface area (Å²) >= 11 is 0. The summed E-state index contributed by atoms with van der Waals surface area (Å²) in [6.07, 6.45) is -3.55. The van der Waals surface area contributed by atoms with Gasteiger partial charge < -0.3 is 10.2 Å². The Morgan fingerprint density at radius 2 is 1.95 bits per heavy atom. The van der Waals surface area contributed by atoms with Crippen molar-refractivity contribution < 1.29 is 22.4 Å². The van der Waals surface area contributed by atoms with Crippen LogP contribution in [0.2, 0.25) is 0 Å². The molecule has 1 N–H and O–H groups in total. The average molecular weight is 290 g/mol. The van der Waals surface area contributed by atoms with Gasteiger partial charge in [-0.1, -0.05) is 18.2 Å². The van der Waals surface area contributed by atoms with Crippen molar-refractivity contribution in [1.29, 1.82) is 0 Å². The van der Waals surface area contributed by atoms with Gasteiger partial charge in [-0.25, -0.2) is 8.78 Å². The van der Waals surface area contributed by atoms with E-state index in [1.807, 2.05) is 40.5 Å². The van der Waals surface area contributed by atoms with E-state index in [0.717, 1.165) is 5.69 Å². The van der Waals surface area contributed by atoms with E-state index in [2.05, 4.69) is 0 Å². The second-order valence-electron chi connectivity index (χ2n) is 4.66. The molecule has 1 saturated heterocycles. The predicted octanol–water partition coefficient (Wildman–Crippen LogP) is 2.28. The van der Waals surface area contributed by atoms with Gasteiger partial charge in [0.05, 0.1) is 0 Å². The van der Waals surface area contributed by atoms with Crippen molar-refractivity contribution in [1.82, 2.24) is 5.32 Å². The molecule has 1 aromatic carbocycles. The molecule has 2 rings (SSSR count). The van der Waals surface area contributed by atoms with Crippen molar-refractivity contribution in [3.8, 4) is 0 Å². The number of carbonyl (C=O) groups is 1. The highest BCUT2D eigenvalue weighted by atomic mass is 19.3. The zero-order valence-corrected chi connectivity index (χ0v) is 10.5. The molecule has 1 aliphatic heterocycles. The highest BCUT2D eigenvalue weighted by molar-refractivity contribution is 5.84. The van der Waals surface area contributed by atoms with Gasteiger partial charge in [-0.3, -0.25) is 4.79 Å². The monoisotopic (exact) mass is 290 g/mol. The van der Waals surface area contributed by atoms with Crippen LogP contribution in [0.15, 0.2) is 30.3 Å². The summed E-state index contributed by atoms with van der Waals surface area (Å²) in [5.74, 6) is -6.55. The zero-order chi connectivity index (χ0) is 14.8. The molecule has 0 aliphatic carbocycles. The van der Waals surface area contributed by atoms with Gasteiger partial charge in [0.25, 0.3) is 5.91 Å². The summed E-state index contributed by atoms with van der Waals surface area (Å²) in [5, 5.41) is 1.99. The lowest BCUT2D eigenvalue weighted by molar-refractivity contribution is -0.170. The van der Waals surface area contributed by atoms with Gasteiger partial charge in [-0.2, -0.15) is 8.78 Å². The van der Waals surface area contributed by atoms with Crippen LogP contribution in [-0.4, -0.2) is 37.4 Å². The van der Waals surface area contributed by atoms with Crippen molar-refractivity contribution in [3.05, 3.63) is 30.3 Å². The molecule has 0 radical (unpaired) electrons. The zero-order valence-electron chi connectivity index (χ0n) is 10.5. The minimum atomic E-state index is -4.64. The fourth-order valence-electron chi connectivity index (χ4n) is 2.13. The molecule has 1 heterocycles. The second kappa shape index (κ2) is 5.68.